The maximum absolute atomic E-state index is 12.8. The third kappa shape index (κ3) is 4.85. The number of ether oxygens (including phenoxy) is 2. The number of ketones is 1. The molecule has 0 aromatic heterocycles. The van der Waals surface area contributed by atoms with Gasteiger partial charge in [-0.15, -0.1) is 5.11 Å². The summed E-state index contributed by atoms with van der Waals surface area (Å²) in [6.07, 6.45) is 0. The van der Waals surface area contributed by atoms with Gasteiger partial charge in [0.1, 0.15) is 5.69 Å². The number of hydrogen-bond acceptors (Lipinski definition) is 8. The molecule has 0 aliphatic rings. The van der Waals surface area contributed by atoms with Gasteiger partial charge in [-0.25, -0.2) is 4.42 Å². The summed E-state index contributed by atoms with van der Waals surface area (Å²) in [5.41, 5.74) is -0.287. The third-order valence-corrected chi connectivity index (χ3v) is 4.11. The lowest BCUT2D eigenvalue weighted by atomic mass is 10.2. The second-order valence-electron chi connectivity index (χ2n) is 5.61. The summed E-state index contributed by atoms with van der Waals surface area (Å²) >= 11 is 6.16. The van der Waals surface area contributed by atoms with E-state index in [0.717, 1.165) is 6.92 Å². The zero-order chi connectivity index (χ0) is 21.6. The molecule has 0 saturated heterocycles. The van der Waals surface area contributed by atoms with E-state index in [1.54, 1.807) is 12.1 Å². The van der Waals surface area contributed by atoms with Gasteiger partial charge in [-0.2, -0.15) is 5.11 Å². The maximum atomic E-state index is 12.8. The molecular weight excluding hydrogens is 404 g/mol. The minimum atomic E-state index is -1.61. The number of nitrogens with zero attached hydrogens (tertiary/aromatic N) is 4. The van der Waals surface area contributed by atoms with Crippen LogP contribution >= 0.6 is 11.8 Å². The van der Waals surface area contributed by atoms with Crippen molar-refractivity contribution in [3.05, 3.63) is 52.6 Å². The second kappa shape index (κ2) is 9.60. The van der Waals surface area contributed by atoms with Crippen molar-refractivity contribution in [1.82, 2.24) is 0 Å². The van der Waals surface area contributed by atoms with Gasteiger partial charge >= 0.3 is 0 Å². The predicted octanol–water partition coefficient (Wildman–Crippen LogP) is 3.84. The van der Waals surface area contributed by atoms with Crippen LogP contribution in [0.3, 0.4) is 0 Å². The SMILES string of the molecule is COc1cccc(N(Cl)C(=O)C(N=Nc2ccccc2[N+](=O)[O-])C(C)=O)c1OC. The Balaban J connectivity index is 2.38. The van der Waals surface area contributed by atoms with Gasteiger partial charge in [-0.05, 0) is 25.1 Å². The molecular formula is C18H17ClN4O6. The highest BCUT2D eigenvalue weighted by molar-refractivity contribution is 6.39. The molecule has 0 spiro atoms. The Bertz CT molecular complexity index is 965. The number of halogens is 1. The van der Waals surface area contributed by atoms with Crippen LogP contribution in [-0.2, 0) is 9.59 Å². The summed E-state index contributed by atoms with van der Waals surface area (Å²) in [4.78, 5) is 35.2. The molecule has 1 atom stereocenters. The molecule has 0 heterocycles. The van der Waals surface area contributed by atoms with E-state index in [2.05, 4.69) is 10.2 Å². The number of nitro groups is 1. The fourth-order valence-electron chi connectivity index (χ4n) is 2.38. The van der Waals surface area contributed by atoms with Gasteiger partial charge in [-0.1, -0.05) is 18.2 Å². The Morgan fingerprint density at radius 1 is 1.14 bits per heavy atom. The molecule has 0 bridgehead atoms. The lowest BCUT2D eigenvalue weighted by Gasteiger charge is -2.20. The number of carbonyl (C=O) groups is 2. The molecule has 0 saturated carbocycles. The number of azo groups is 1. The highest BCUT2D eigenvalue weighted by Crippen LogP contribution is 2.38. The highest BCUT2D eigenvalue weighted by Gasteiger charge is 2.31. The number of benzene rings is 2. The van der Waals surface area contributed by atoms with Crippen LogP contribution in [-0.4, -0.2) is 36.9 Å². The van der Waals surface area contributed by atoms with Crippen LogP contribution in [0.2, 0.25) is 0 Å². The molecule has 0 aliphatic carbocycles. The average molecular weight is 421 g/mol. The number of Topliss-reactive ketones (excluding diaryl/α,β-unsaturated/α-hetero) is 1. The molecule has 10 nitrogen and oxygen atoms in total. The van der Waals surface area contributed by atoms with Crippen molar-refractivity contribution in [2.45, 2.75) is 13.0 Å². The Labute approximate surface area is 171 Å². The van der Waals surface area contributed by atoms with Gasteiger partial charge in [-0.3, -0.25) is 19.7 Å². The molecule has 0 fully saturated rings. The molecule has 2 aromatic carbocycles. The van der Waals surface area contributed by atoms with E-state index in [-0.39, 0.29) is 22.8 Å². The number of amides is 1. The number of carbonyl (C=O) groups excluding carboxylic acids is 2. The zero-order valence-corrected chi connectivity index (χ0v) is 16.5. The van der Waals surface area contributed by atoms with E-state index in [1.807, 2.05) is 0 Å². The zero-order valence-electron chi connectivity index (χ0n) is 15.7. The molecule has 1 unspecified atom stereocenters. The van der Waals surface area contributed by atoms with Gasteiger partial charge < -0.3 is 9.47 Å². The lowest BCUT2D eigenvalue weighted by Crippen LogP contribution is -2.36. The van der Waals surface area contributed by atoms with Gasteiger partial charge in [0.25, 0.3) is 11.6 Å². The van der Waals surface area contributed by atoms with Crippen LogP contribution in [0.5, 0.6) is 11.5 Å². The summed E-state index contributed by atoms with van der Waals surface area (Å²) in [6.45, 7) is 1.13. The molecule has 152 valence electrons. The summed E-state index contributed by atoms with van der Waals surface area (Å²) < 4.78 is 11.1. The van der Waals surface area contributed by atoms with Crippen molar-refractivity contribution in [2.24, 2.45) is 10.2 Å². The van der Waals surface area contributed by atoms with E-state index in [1.165, 1.54) is 44.6 Å². The Kier molecular flexibility index (Phi) is 7.21. The van der Waals surface area contributed by atoms with E-state index < -0.39 is 22.7 Å². The van der Waals surface area contributed by atoms with Gasteiger partial charge in [0, 0.05) is 17.8 Å². The monoisotopic (exact) mass is 420 g/mol. The number of hydrogen-bond donors (Lipinski definition) is 0. The van der Waals surface area contributed by atoms with E-state index in [0.29, 0.717) is 10.2 Å². The maximum Gasteiger partial charge on any atom is 0.296 e. The number of nitro benzene ring substituents is 1. The van der Waals surface area contributed by atoms with Crippen molar-refractivity contribution in [3.63, 3.8) is 0 Å². The molecule has 11 heteroatoms. The van der Waals surface area contributed by atoms with Gasteiger partial charge in [0.05, 0.1) is 19.1 Å². The van der Waals surface area contributed by atoms with Crippen molar-refractivity contribution >= 4 is 40.5 Å². The molecule has 0 N–H and O–H groups in total. The van der Waals surface area contributed by atoms with E-state index >= 15 is 0 Å². The molecule has 1 amide bonds. The fourth-order valence-corrected chi connectivity index (χ4v) is 2.60. The minimum Gasteiger partial charge on any atom is -0.493 e. The summed E-state index contributed by atoms with van der Waals surface area (Å²) in [6, 6.07) is 8.61. The highest BCUT2D eigenvalue weighted by atomic mass is 35.5. The van der Waals surface area contributed by atoms with Gasteiger partial charge in [0.2, 0.25) is 6.04 Å². The normalized spacial score (nSPS) is 11.7. The molecule has 0 radical (unpaired) electrons. The first-order valence-electron chi connectivity index (χ1n) is 8.17. The van der Waals surface area contributed by atoms with Crippen LogP contribution in [0.4, 0.5) is 17.1 Å². The van der Waals surface area contributed by atoms with Crippen LogP contribution in [0.1, 0.15) is 6.92 Å². The van der Waals surface area contributed by atoms with Crippen LogP contribution in [0.25, 0.3) is 0 Å². The first-order valence-corrected chi connectivity index (χ1v) is 8.51. The second-order valence-corrected chi connectivity index (χ2v) is 5.94. The standard InChI is InChI=1S/C18H17ClN4O6/c1-11(24)16(21-20-12-7-4-5-8-13(12)23(26)27)18(25)22(19)14-9-6-10-15(28-2)17(14)29-3/h4-10,16H,1-3H3. The summed E-state index contributed by atoms with van der Waals surface area (Å²) in [5, 5.41) is 18.5. The Morgan fingerprint density at radius 2 is 1.83 bits per heavy atom. The summed E-state index contributed by atoms with van der Waals surface area (Å²) in [7, 11) is 2.79. The minimum absolute atomic E-state index is 0.100. The largest absolute Gasteiger partial charge is 0.493 e. The van der Waals surface area contributed by atoms with Gasteiger partial charge in [0.15, 0.2) is 23.0 Å². The van der Waals surface area contributed by atoms with Crippen molar-refractivity contribution in [1.29, 1.82) is 0 Å². The van der Waals surface area contributed by atoms with Crippen molar-refractivity contribution in [3.8, 4) is 11.5 Å². The first-order chi connectivity index (χ1) is 13.8. The third-order valence-electron chi connectivity index (χ3n) is 3.77. The van der Waals surface area contributed by atoms with E-state index in [4.69, 9.17) is 21.3 Å². The number of rotatable bonds is 8. The molecule has 0 aliphatic heterocycles. The number of methoxy groups -OCH3 is 2. The predicted molar refractivity (Wildman–Crippen MR) is 105 cm³/mol. The molecule has 29 heavy (non-hydrogen) atoms. The number of para-hydroxylation sites is 2. The first kappa shape index (κ1) is 21.8. The van der Waals surface area contributed by atoms with E-state index in [9.17, 15) is 19.7 Å². The van der Waals surface area contributed by atoms with Crippen LogP contribution in [0.15, 0.2) is 52.7 Å². The van der Waals surface area contributed by atoms with Crippen LogP contribution < -0.4 is 13.9 Å². The average Bonchev–Trinajstić information content (AvgIpc) is 2.72. The smallest absolute Gasteiger partial charge is 0.296 e. The quantitative estimate of drug-likeness (QED) is 0.210. The Morgan fingerprint density at radius 3 is 2.41 bits per heavy atom. The Hall–Kier alpha value is -3.53. The van der Waals surface area contributed by atoms with Crippen molar-refractivity contribution in [2.75, 3.05) is 18.6 Å². The number of anilines is 1. The topological polar surface area (TPSA) is 124 Å². The van der Waals surface area contributed by atoms with Crippen LogP contribution in [0, 0.1) is 10.1 Å². The van der Waals surface area contributed by atoms with Crippen molar-refractivity contribution < 1.29 is 24.0 Å². The molecule has 2 aromatic rings. The fraction of sp³-hybridized carbons (Fsp3) is 0.222. The summed E-state index contributed by atoms with van der Waals surface area (Å²) in [5.74, 6) is -1.06. The lowest BCUT2D eigenvalue weighted by molar-refractivity contribution is -0.384. The molecule has 2 rings (SSSR count).